The van der Waals surface area contributed by atoms with Gasteiger partial charge < -0.3 is 4.90 Å². The average molecular weight is 224 g/mol. The molecule has 0 amide bonds. The Morgan fingerprint density at radius 2 is 2.27 bits per heavy atom. The number of nitrogens with zero attached hydrogens (tertiary/aromatic N) is 2. The van der Waals surface area contributed by atoms with Crippen LogP contribution in [0.15, 0.2) is 11.6 Å². The van der Waals surface area contributed by atoms with Crippen LogP contribution in [0.4, 0.5) is 0 Å². The van der Waals surface area contributed by atoms with Crippen molar-refractivity contribution in [2.24, 2.45) is 0 Å². The van der Waals surface area contributed by atoms with Crippen molar-refractivity contribution in [2.75, 3.05) is 19.6 Å². The summed E-state index contributed by atoms with van der Waals surface area (Å²) in [4.78, 5) is 17.8. The summed E-state index contributed by atoms with van der Waals surface area (Å²) in [7, 11) is 0. The number of hydrogen-bond donors (Lipinski definition) is 0. The van der Waals surface area contributed by atoms with Crippen LogP contribution in [0, 0.1) is 0 Å². The van der Waals surface area contributed by atoms with Gasteiger partial charge in [-0.1, -0.05) is 6.92 Å². The number of piperidine rings is 1. The van der Waals surface area contributed by atoms with Crippen molar-refractivity contribution in [3.8, 4) is 0 Å². The van der Waals surface area contributed by atoms with Crippen molar-refractivity contribution in [3.05, 3.63) is 16.6 Å². The van der Waals surface area contributed by atoms with Gasteiger partial charge in [-0.05, 0) is 0 Å². The van der Waals surface area contributed by atoms with Crippen molar-refractivity contribution >= 4 is 17.1 Å². The molecule has 0 bridgehead atoms. The van der Waals surface area contributed by atoms with Crippen molar-refractivity contribution in [3.63, 3.8) is 0 Å². The Labute approximate surface area is 94.1 Å². The fraction of sp³-hybridized carbons (Fsp3) is 0.636. The molecular formula is C11H16N2OS. The Kier molecular flexibility index (Phi) is 3.49. The number of ketones is 1. The minimum atomic E-state index is 0.410. The molecule has 3 nitrogen and oxygen atoms in total. The zero-order valence-corrected chi connectivity index (χ0v) is 9.80. The van der Waals surface area contributed by atoms with Crippen LogP contribution in [0.5, 0.6) is 0 Å². The van der Waals surface area contributed by atoms with Crippen LogP contribution in [0.25, 0.3) is 0 Å². The van der Waals surface area contributed by atoms with E-state index >= 15 is 0 Å². The first kappa shape index (κ1) is 10.8. The van der Waals surface area contributed by atoms with Gasteiger partial charge in [0.1, 0.15) is 5.78 Å². The SMILES string of the molecule is CC(CN1CCC(=O)CC1)c1nccs1. The van der Waals surface area contributed by atoms with Crippen LogP contribution in [-0.4, -0.2) is 35.3 Å². The highest BCUT2D eigenvalue weighted by Gasteiger charge is 2.19. The first-order valence-corrected chi connectivity index (χ1v) is 6.27. The fourth-order valence-corrected chi connectivity index (χ4v) is 2.62. The van der Waals surface area contributed by atoms with E-state index in [2.05, 4.69) is 16.8 Å². The largest absolute Gasteiger partial charge is 0.302 e. The van der Waals surface area contributed by atoms with E-state index in [9.17, 15) is 4.79 Å². The van der Waals surface area contributed by atoms with Gasteiger partial charge in [0, 0.05) is 50.0 Å². The second kappa shape index (κ2) is 4.86. The molecule has 0 aliphatic carbocycles. The molecule has 0 radical (unpaired) electrons. The number of carbonyl (C=O) groups excluding carboxylic acids is 1. The molecule has 1 aromatic rings. The highest BCUT2D eigenvalue weighted by molar-refractivity contribution is 7.09. The molecule has 2 rings (SSSR count). The van der Waals surface area contributed by atoms with Crippen molar-refractivity contribution in [1.29, 1.82) is 0 Å². The van der Waals surface area contributed by atoms with Gasteiger partial charge in [-0.3, -0.25) is 4.79 Å². The summed E-state index contributed by atoms with van der Waals surface area (Å²) in [6, 6.07) is 0. The van der Waals surface area contributed by atoms with Gasteiger partial charge in [0.05, 0.1) is 5.01 Å². The zero-order chi connectivity index (χ0) is 10.7. The van der Waals surface area contributed by atoms with E-state index in [4.69, 9.17) is 0 Å². The summed E-state index contributed by atoms with van der Waals surface area (Å²) in [5.41, 5.74) is 0. The normalized spacial score (nSPS) is 20.5. The summed E-state index contributed by atoms with van der Waals surface area (Å²) in [6.07, 6.45) is 3.31. The van der Waals surface area contributed by atoms with E-state index in [1.54, 1.807) is 11.3 Å². The van der Waals surface area contributed by atoms with Crippen LogP contribution >= 0.6 is 11.3 Å². The third kappa shape index (κ3) is 2.86. The summed E-state index contributed by atoms with van der Waals surface area (Å²) >= 11 is 1.72. The average Bonchev–Trinajstić information content (AvgIpc) is 2.74. The number of Topliss-reactive ketones (excluding diaryl/α,β-unsaturated/α-hetero) is 1. The predicted octanol–water partition coefficient (Wildman–Crippen LogP) is 1.91. The quantitative estimate of drug-likeness (QED) is 0.786. The number of thiazole rings is 1. The van der Waals surface area contributed by atoms with E-state index in [-0.39, 0.29) is 0 Å². The van der Waals surface area contributed by atoms with Gasteiger partial charge in [0.25, 0.3) is 0 Å². The molecule has 0 spiro atoms. The number of likely N-dealkylation sites (tertiary alicyclic amines) is 1. The molecule has 1 aliphatic heterocycles. The van der Waals surface area contributed by atoms with Crippen LogP contribution in [0.1, 0.15) is 30.7 Å². The number of rotatable bonds is 3. The molecule has 1 aliphatic rings. The zero-order valence-electron chi connectivity index (χ0n) is 8.98. The summed E-state index contributed by atoms with van der Waals surface area (Å²) in [6.45, 7) is 5.08. The maximum absolute atomic E-state index is 11.1. The van der Waals surface area contributed by atoms with Crippen LogP contribution < -0.4 is 0 Å². The van der Waals surface area contributed by atoms with Crippen molar-refractivity contribution in [2.45, 2.75) is 25.7 Å². The Bertz CT molecular complexity index is 313. The summed E-state index contributed by atoms with van der Waals surface area (Å²) in [5.74, 6) is 0.895. The lowest BCUT2D eigenvalue weighted by Gasteiger charge is -2.27. The third-order valence-electron chi connectivity index (χ3n) is 2.82. The Balaban J connectivity index is 1.84. The van der Waals surface area contributed by atoms with E-state index in [0.29, 0.717) is 11.7 Å². The minimum Gasteiger partial charge on any atom is -0.302 e. The molecule has 1 aromatic heterocycles. The maximum atomic E-state index is 11.1. The van der Waals surface area contributed by atoms with Crippen LogP contribution in [-0.2, 0) is 4.79 Å². The standard InChI is InChI=1S/C11H16N2OS/c1-9(11-12-4-7-15-11)8-13-5-2-10(14)3-6-13/h4,7,9H,2-3,5-6,8H2,1H3. The molecule has 1 atom stereocenters. The molecule has 82 valence electrons. The molecule has 0 N–H and O–H groups in total. The molecule has 1 saturated heterocycles. The molecular weight excluding hydrogens is 208 g/mol. The summed E-state index contributed by atoms with van der Waals surface area (Å²) < 4.78 is 0. The number of hydrogen-bond acceptors (Lipinski definition) is 4. The van der Waals surface area contributed by atoms with Gasteiger partial charge in [0.2, 0.25) is 0 Å². The van der Waals surface area contributed by atoms with Crippen LogP contribution in [0.2, 0.25) is 0 Å². The Morgan fingerprint density at radius 3 is 2.87 bits per heavy atom. The van der Waals surface area contributed by atoms with Gasteiger partial charge in [-0.2, -0.15) is 0 Å². The van der Waals surface area contributed by atoms with Gasteiger partial charge >= 0.3 is 0 Å². The van der Waals surface area contributed by atoms with Gasteiger partial charge in [-0.25, -0.2) is 4.98 Å². The molecule has 1 fully saturated rings. The first-order valence-electron chi connectivity index (χ1n) is 5.39. The smallest absolute Gasteiger partial charge is 0.135 e. The van der Waals surface area contributed by atoms with E-state index in [1.807, 2.05) is 11.6 Å². The topological polar surface area (TPSA) is 33.2 Å². The number of aromatic nitrogens is 1. The second-order valence-corrected chi connectivity index (χ2v) is 5.04. The maximum Gasteiger partial charge on any atom is 0.135 e. The van der Waals surface area contributed by atoms with Crippen molar-refractivity contribution < 1.29 is 4.79 Å². The Hall–Kier alpha value is -0.740. The third-order valence-corrected chi connectivity index (χ3v) is 3.83. The molecule has 2 heterocycles. The van der Waals surface area contributed by atoms with Gasteiger partial charge in [0.15, 0.2) is 0 Å². The molecule has 0 aromatic carbocycles. The molecule has 1 unspecified atom stereocenters. The molecule has 4 heteroatoms. The first-order chi connectivity index (χ1) is 7.25. The van der Waals surface area contributed by atoms with E-state index in [0.717, 1.165) is 32.5 Å². The van der Waals surface area contributed by atoms with E-state index < -0.39 is 0 Å². The van der Waals surface area contributed by atoms with Gasteiger partial charge in [-0.15, -0.1) is 11.3 Å². The lowest BCUT2D eigenvalue weighted by molar-refractivity contribution is -0.121. The van der Waals surface area contributed by atoms with Crippen LogP contribution in [0.3, 0.4) is 0 Å². The number of carbonyl (C=O) groups is 1. The lowest BCUT2D eigenvalue weighted by atomic mass is 10.1. The van der Waals surface area contributed by atoms with Crippen molar-refractivity contribution in [1.82, 2.24) is 9.88 Å². The minimum absolute atomic E-state index is 0.410. The molecule has 0 saturated carbocycles. The highest BCUT2D eigenvalue weighted by atomic mass is 32.1. The second-order valence-electron chi connectivity index (χ2n) is 4.11. The monoisotopic (exact) mass is 224 g/mol. The fourth-order valence-electron chi connectivity index (χ4n) is 1.93. The molecule has 15 heavy (non-hydrogen) atoms. The predicted molar refractivity (Wildman–Crippen MR) is 61.2 cm³/mol. The lowest BCUT2D eigenvalue weighted by Crippen LogP contribution is -2.36. The highest BCUT2D eigenvalue weighted by Crippen LogP contribution is 2.20. The summed E-state index contributed by atoms with van der Waals surface area (Å²) in [5, 5.41) is 3.22. The van der Waals surface area contributed by atoms with E-state index in [1.165, 1.54) is 5.01 Å². The Morgan fingerprint density at radius 1 is 1.53 bits per heavy atom.